The SMILES string of the molecule is CN(C)C(=O)CN=C(NCC1CCCO1)N(C)Cc1ccccc1Br. The van der Waals surface area contributed by atoms with E-state index in [2.05, 4.69) is 32.3 Å². The lowest BCUT2D eigenvalue weighted by atomic mass is 10.2. The molecule has 1 N–H and O–H groups in total. The van der Waals surface area contributed by atoms with E-state index in [0.717, 1.165) is 29.5 Å². The molecular weight excluding hydrogens is 384 g/mol. The van der Waals surface area contributed by atoms with E-state index in [1.165, 1.54) is 0 Å². The van der Waals surface area contributed by atoms with Gasteiger partial charge in [0.2, 0.25) is 5.91 Å². The summed E-state index contributed by atoms with van der Waals surface area (Å²) in [6, 6.07) is 8.10. The molecule has 1 saturated heterocycles. The summed E-state index contributed by atoms with van der Waals surface area (Å²) >= 11 is 3.58. The highest BCUT2D eigenvalue weighted by Crippen LogP contribution is 2.17. The van der Waals surface area contributed by atoms with Crippen LogP contribution in [-0.4, -0.2) is 68.6 Å². The number of carbonyl (C=O) groups is 1. The van der Waals surface area contributed by atoms with Crippen molar-refractivity contribution < 1.29 is 9.53 Å². The smallest absolute Gasteiger partial charge is 0.243 e. The van der Waals surface area contributed by atoms with E-state index >= 15 is 0 Å². The first-order chi connectivity index (χ1) is 12.0. The van der Waals surface area contributed by atoms with E-state index in [-0.39, 0.29) is 18.6 Å². The molecule has 0 radical (unpaired) electrons. The number of aliphatic imine (C=N–C) groups is 1. The monoisotopic (exact) mass is 410 g/mol. The van der Waals surface area contributed by atoms with Crippen LogP contribution in [-0.2, 0) is 16.1 Å². The molecule has 1 aliphatic rings. The lowest BCUT2D eigenvalue weighted by Gasteiger charge is -2.24. The Bertz CT molecular complexity index is 600. The number of hydrogen-bond acceptors (Lipinski definition) is 3. The van der Waals surface area contributed by atoms with Gasteiger partial charge in [-0.2, -0.15) is 0 Å². The van der Waals surface area contributed by atoms with Crippen LogP contribution >= 0.6 is 15.9 Å². The van der Waals surface area contributed by atoms with E-state index in [9.17, 15) is 4.79 Å². The summed E-state index contributed by atoms with van der Waals surface area (Å²) in [7, 11) is 5.45. The number of nitrogens with zero attached hydrogens (tertiary/aromatic N) is 3. The molecule has 6 nitrogen and oxygen atoms in total. The number of carbonyl (C=O) groups excluding carboxylic acids is 1. The molecule has 0 aliphatic carbocycles. The van der Waals surface area contributed by atoms with Crippen molar-refractivity contribution >= 4 is 27.8 Å². The number of amides is 1. The van der Waals surface area contributed by atoms with Crippen molar-refractivity contribution in [3.8, 4) is 0 Å². The molecule has 0 aromatic heterocycles. The third-order valence-electron chi connectivity index (χ3n) is 4.10. The number of halogens is 1. The van der Waals surface area contributed by atoms with Crippen molar-refractivity contribution in [3.05, 3.63) is 34.3 Å². The minimum absolute atomic E-state index is 0.0225. The van der Waals surface area contributed by atoms with Crippen LogP contribution in [0.2, 0.25) is 0 Å². The van der Waals surface area contributed by atoms with Crippen molar-refractivity contribution in [1.29, 1.82) is 0 Å². The number of likely N-dealkylation sites (N-methyl/N-ethyl adjacent to an activating group) is 1. The normalized spacial score (nSPS) is 17.4. The van der Waals surface area contributed by atoms with Crippen LogP contribution in [0, 0.1) is 0 Å². The van der Waals surface area contributed by atoms with Crippen LogP contribution in [0.5, 0.6) is 0 Å². The van der Waals surface area contributed by atoms with Gasteiger partial charge in [-0.15, -0.1) is 0 Å². The van der Waals surface area contributed by atoms with Gasteiger partial charge < -0.3 is 19.9 Å². The maximum Gasteiger partial charge on any atom is 0.243 e. The molecule has 0 bridgehead atoms. The first-order valence-electron chi connectivity index (χ1n) is 8.52. The Labute approximate surface area is 158 Å². The summed E-state index contributed by atoms with van der Waals surface area (Å²) < 4.78 is 6.73. The predicted octanol–water partition coefficient (Wildman–Crippen LogP) is 2.09. The average molecular weight is 411 g/mol. The summed E-state index contributed by atoms with van der Waals surface area (Å²) in [5.74, 6) is 0.687. The Hall–Kier alpha value is -1.60. The van der Waals surface area contributed by atoms with E-state index in [1.54, 1.807) is 19.0 Å². The molecule has 1 unspecified atom stereocenters. The Morgan fingerprint density at radius 1 is 1.36 bits per heavy atom. The molecule has 25 heavy (non-hydrogen) atoms. The number of benzene rings is 1. The van der Waals surface area contributed by atoms with Crippen molar-refractivity contribution in [1.82, 2.24) is 15.1 Å². The highest BCUT2D eigenvalue weighted by Gasteiger charge is 2.17. The number of rotatable bonds is 6. The summed E-state index contributed by atoms with van der Waals surface area (Å²) in [5, 5.41) is 3.36. The molecule has 1 aromatic rings. The minimum atomic E-state index is -0.0225. The van der Waals surface area contributed by atoms with E-state index < -0.39 is 0 Å². The fourth-order valence-electron chi connectivity index (χ4n) is 2.56. The molecule has 1 heterocycles. The quantitative estimate of drug-likeness (QED) is 0.576. The lowest BCUT2D eigenvalue weighted by molar-refractivity contribution is -0.127. The van der Waals surface area contributed by atoms with Gasteiger partial charge in [0.25, 0.3) is 0 Å². The van der Waals surface area contributed by atoms with Gasteiger partial charge in [-0.05, 0) is 24.5 Å². The predicted molar refractivity (Wildman–Crippen MR) is 104 cm³/mol. The van der Waals surface area contributed by atoms with Gasteiger partial charge in [-0.25, -0.2) is 4.99 Å². The number of hydrogen-bond donors (Lipinski definition) is 1. The molecule has 1 aliphatic heterocycles. The Kier molecular flexibility index (Phi) is 7.71. The van der Waals surface area contributed by atoms with Gasteiger partial charge >= 0.3 is 0 Å². The molecule has 0 saturated carbocycles. The van der Waals surface area contributed by atoms with E-state index in [4.69, 9.17) is 4.74 Å². The summed E-state index contributed by atoms with van der Waals surface area (Å²) in [5.41, 5.74) is 1.16. The van der Waals surface area contributed by atoms with Crippen LogP contribution < -0.4 is 5.32 Å². The van der Waals surface area contributed by atoms with Crippen molar-refractivity contribution in [2.45, 2.75) is 25.5 Å². The maximum atomic E-state index is 11.9. The topological polar surface area (TPSA) is 57.2 Å². The van der Waals surface area contributed by atoms with Crippen LogP contribution in [0.1, 0.15) is 18.4 Å². The Morgan fingerprint density at radius 2 is 2.12 bits per heavy atom. The second-order valence-electron chi connectivity index (χ2n) is 6.39. The first-order valence-corrected chi connectivity index (χ1v) is 9.31. The Morgan fingerprint density at radius 3 is 2.76 bits per heavy atom. The number of guanidine groups is 1. The third kappa shape index (κ3) is 6.32. The molecule has 138 valence electrons. The Balaban J connectivity index is 2.04. The van der Waals surface area contributed by atoms with Gasteiger partial charge in [0.15, 0.2) is 5.96 Å². The third-order valence-corrected chi connectivity index (χ3v) is 4.88. The highest BCUT2D eigenvalue weighted by atomic mass is 79.9. The van der Waals surface area contributed by atoms with E-state index in [1.807, 2.05) is 30.1 Å². The van der Waals surface area contributed by atoms with Crippen LogP contribution in [0.4, 0.5) is 0 Å². The maximum absolute atomic E-state index is 11.9. The van der Waals surface area contributed by atoms with Crippen LogP contribution in [0.15, 0.2) is 33.7 Å². The van der Waals surface area contributed by atoms with E-state index in [0.29, 0.717) is 19.0 Å². The summed E-state index contributed by atoms with van der Waals surface area (Å²) in [6.45, 7) is 2.34. The molecule has 1 aromatic carbocycles. The molecular formula is C18H27BrN4O2. The number of ether oxygens (including phenoxy) is 1. The van der Waals surface area contributed by atoms with Gasteiger partial charge in [0.05, 0.1) is 6.10 Å². The second kappa shape index (κ2) is 9.77. The standard InChI is InChI=1S/C18H27BrN4O2/c1-22(2)17(24)12-21-18(20-11-15-8-6-10-25-15)23(3)13-14-7-4-5-9-16(14)19/h4-5,7,9,15H,6,8,10-13H2,1-3H3,(H,20,21). The molecule has 2 rings (SSSR count). The molecule has 1 atom stereocenters. The van der Waals surface area contributed by atoms with Crippen LogP contribution in [0.3, 0.4) is 0 Å². The van der Waals surface area contributed by atoms with Crippen molar-refractivity contribution in [3.63, 3.8) is 0 Å². The molecule has 0 spiro atoms. The van der Waals surface area contributed by atoms with Gasteiger partial charge in [-0.3, -0.25) is 4.79 Å². The minimum Gasteiger partial charge on any atom is -0.376 e. The van der Waals surface area contributed by atoms with Gasteiger partial charge in [0, 0.05) is 45.3 Å². The number of nitrogens with one attached hydrogen (secondary N) is 1. The van der Waals surface area contributed by atoms with Crippen LogP contribution in [0.25, 0.3) is 0 Å². The fourth-order valence-corrected chi connectivity index (χ4v) is 2.97. The first kappa shape index (κ1) is 19.7. The summed E-state index contributed by atoms with van der Waals surface area (Å²) in [4.78, 5) is 20.0. The zero-order valence-corrected chi connectivity index (χ0v) is 16.8. The molecule has 7 heteroatoms. The summed E-state index contributed by atoms with van der Waals surface area (Å²) in [6.07, 6.45) is 2.38. The largest absolute Gasteiger partial charge is 0.376 e. The fraction of sp³-hybridized carbons (Fsp3) is 0.556. The zero-order chi connectivity index (χ0) is 18.2. The van der Waals surface area contributed by atoms with Gasteiger partial charge in [0.1, 0.15) is 6.54 Å². The second-order valence-corrected chi connectivity index (χ2v) is 7.25. The zero-order valence-electron chi connectivity index (χ0n) is 15.2. The average Bonchev–Trinajstić information content (AvgIpc) is 3.10. The molecule has 1 fully saturated rings. The van der Waals surface area contributed by atoms with Crippen molar-refractivity contribution in [2.24, 2.45) is 4.99 Å². The molecule has 1 amide bonds. The van der Waals surface area contributed by atoms with Gasteiger partial charge in [-0.1, -0.05) is 34.1 Å². The highest BCUT2D eigenvalue weighted by molar-refractivity contribution is 9.10. The van der Waals surface area contributed by atoms with Crippen molar-refractivity contribution in [2.75, 3.05) is 40.8 Å². The lowest BCUT2D eigenvalue weighted by Crippen LogP contribution is -2.42.